The van der Waals surface area contributed by atoms with E-state index in [1.807, 2.05) is 6.07 Å². The standard InChI is InChI=1S/C20H22F3NO.ClH/c21-20(22,23)19-8-6-16(7-9-19)14-25-15-24-12-10-18(11-13-24)17-4-2-1-3-5-17;/h1-9,18H,10-15H2;1H. The average molecular weight is 386 g/mol. The van der Waals surface area contributed by atoms with Gasteiger partial charge in [0.15, 0.2) is 0 Å². The molecule has 0 atom stereocenters. The van der Waals surface area contributed by atoms with Gasteiger partial charge in [-0.2, -0.15) is 13.2 Å². The number of benzene rings is 2. The Morgan fingerprint density at radius 2 is 1.54 bits per heavy atom. The second-order valence-electron chi connectivity index (χ2n) is 6.48. The van der Waals surface area contributed by atoms with Crippen molar-refractivity contribution >= 4 is 12.4 Å². The maximum absolute atomic E-state index is 12.5. The molecule has 0 aromatic heterocycles. The Kier molecular flexibility index (Phi) is 7.50. The van der Waals surface area contributed by atoms with E-state index < -0.39 is 11.7 Å². The number of likely N-dealkylation sites (tertiary alicyclic amines) is 1. The van der Waals surface area contributed by atoms with Crippen LogP contribution in [0.25, 0.3) is 0 Å². The van der Waals surface area contributed by atoms with E-state index in [4.69, 9.17) is 4.74 Å². The summed E-state index contributed by atoms with van der Waals surface area (Å²) in [4.78, 5) is 2.25. The first-order valence-corrected chi connectivity index (χ1v) is 8.53. The van der Waals surface area contributed by atoms with Crippen LogP contribution in [-0.2, 0) is 17.5 Å². The molecule has 1 aliphatic rings. The van der Waals surface area contributed by atoms with Crippen LogP contribution in [-0.4, -0.2) is 24.7 Å². The second-order valence-corrected chi connectivity index (χ2v) is 6.48. The van der Waals surface area contributed by atoms with Crippen LogP contribution in [0, 0.1) is 0 Å². The number of halogens is 4. The molecule has 26 heavy (non-hydrogen) atoms. The molecule has 2 aromatic carbocycles. The van der Waals surface area contributed by atoms with Crippen molar-refractivity contribution < 1.29 is 17.9 Å². The fourth-order valence-electron chi connectivity index (χ4n) is 3.20. The monoisotopic (exact) mass is 385 g/mol. The van der Waals surface area contributed by atoms with Crippen LogP contribution < -0.4 is 0 Å². The largest absolute Gasteiger partial charge is 0.416 e. The lowest BCUT2D eigenvalue weighted by atomic mass is 9.90. The molecule has 0 N–H and O–H groups in total. The average Bonchev–Trinajstić information content (AvgIpc) is 2.63. The molecule has 1 heterocycles. The number of ether oxygens (including phenoxy) is 1. The first-order valence-electron chi connectivity index (χ1n) is 8.53. The highest BCUT2D eigenvalue weighted by Gasteiger charge is 2.29. The highest BCUT2D eigenvalue weighted by Crippen LogP contribution is 2.29. The molecule has 1 saturated heterocycles. The predicted octanol–water partition coefficient (Wildman–Crippen LogP) is 5.48. The molecule has 6 heteroatoms. The Labute approximate surface area is 158 Å². The molecule has 0 radical (unpaired) electrons. The molecule has 3 rings (SSSR count). The Hall–Kier alpha value is -1.56. The SMILES string of the molecule is Cl.FC(F)(F)c1ccc(COCN2CCC(c3ccccc3)CC2)cc1. The number of hydrogen-bond acceptors (Lipinski definition) is 2. The Balaban J connectivity index is 0.00000243. The number of hydrogen-bond donors (Lipinski definition) is 0. The molecular weight excluding hydrogens is 363 g/mol. The van der Waals surface area contributed by atoms with Gasteiger partial charge in [-0.3, -0.25) is 4.90 Å². The molecule has 142 valence electrons. The number of rotatable bonds is 5. The van der Waals surface area contributed by atoms with Crippen LogP contribution in [0.1, 0.15) is 35.4 Å². The van der Waals surface area contributed by atoms with E-state index in [-0.39, 0.29) is 12.4 Å². The van der Waals surface area contributed by atoms with Crippen molar-refractivity contribution in [2.24, 2.45) is 0 Å². The lowest BCUT2D eigenvalue weighted by molar-refractivity contribution is -0.137. The van der Waals surface area contributed by atoms with E-state index in [0.29, 0.717) is 19.3 Å². The zero-order valence-electron chi connectivity index (χ0n) is 14.4. The van der Waals surface area contributed by atoms with E-state index in [9.17, 15) is 13.2 Å². The van der Waals surface area contributed by atoms with Crippen molar-refractivity contribution in [1.82, 2.24) is 4.90 Å². The van der Waals surface area contributed by atoms with Crippen LogP contribution in [0.3, 0.4) is 0 Å². The fraction of sp³-hybridized carbons (Fsp3) is 0.400. The number of nitrogens with zero attached hydrogens (tertiary/aromatic N) is 1. The van der Waals surface area contributed by atoms with E-state index in [0.717, 1.165) is 43.6 Å². The van der Waals surface area contributed by atoms with E-state index in [1.54, 1.807) is 0 Å². The Bertz CT molecular complexity index is 653. The highest BCUT2D eigenvalue weighted by atomic mass is 35.5. The molecule has 1 fully saturated rings. The summed E-state index contributed by atoms with van der Waals surface area (Å²) < 4.78 is 43.3. The van der Waals surface area contributed by atoms with Gasteiger partial charge in [-0.25, -0.2) is 0 Å². The van der Waals surface area contributed by atoms with Gasteiger partial charge in [0, 0.05) is 13.1 Å². The van der Waals surface area contributed by atoms with Crippen LogP contribution in [0.15, 0.2) is 54.6 Å². The first kappa shape index (κ1) is 20.7. The highest BCUT2D eigenvalue weighted by molar-refractivity contribution is 5.85. The summed E-state index contributed by atoms with van der Waals surface area (Å²) in [6.45, 7) is 2.80. The van der Waals surface area contributed by atoms with Gasteiger partial charge in [0.25, 0.3) is 0 Å². The lowest BCUT2D eigenvalue weighted by Crippen LogP contribution is -2.34. The molecule has 2 nitrogen and oxygen atoms in total. The Morgan fingerprint density at radius 3 is 2.12 bits per heavy atom. The summed E-state index contributed by atoms with van der Waals surface area (Å²) in [7, 11) is 0. The van der Waals surface area contributed by atoms with Gasteiger partial charge in [0.05, 0.1) is 18.9 Å². The minimum Gasteiger partial charge on any atom is -0.361 e. The molecule has 0 bridgehead atoms. The van der Waals surface area contributed by atoms with Crippen molar-refractivity contribution in [3.63, 3.8) is 0 Å². The normalized spacial score (nSPS) is 16.3. The van der Waals surface area contributed by atoms with Crippen LogP contribution >= 0.6 is 12.4 Å². The molecule has 2 aromatic rings. The van der Waals surface area contributed by atoms with Crippen molar-refractivity contribution in [3.05, 3.63) is 71.3 Å². The third-order valence-corrected chi connectivity index (χ3v) is 4.68. The predicted molar refractivity (Wildman–Crippen MR) is 98.3 cm³/mol. The molecule has 0 amide bonds. The Morgan fingerprint density at radius 1 is 0.923 bits per heavy atom. The number of piperidine rings is 1. The zero-order valence-corrected chi connectivity index (χ0v) is 15.2. The number of alkyl halides is 3. The van der Waals surface area contributed by atoms with Crippen molar-refractivity contribution in [2.45, 2.75) is 31.5 Å². The van der Waals surface area contributed by atoms with Gasteiger partial charge in [-0.05, 0) is 42.0 Å². The van der Waals surface area contributed by atoms with Gasteiger partial charge < -0.3 is 4.74 Å². The molecular formula is C20H23ClF3NO. The summed E-state index contributed by atoms with van der Waals surface area (Å²) in [5.74, 6) is 0.604. The summed E-state index contributed by atoms with van der Waals surface area (Å²) in [5, 5.41) is 0. The quantitative estimate of drug-likeness (QED) is 0.675. The molecule has 0 aliphatic carbocycles. The van der Waals surface area contributed by atoms with Crippen LogP contribution in [0.5, 0.6) is 0 Å². The third kappa shape index (κ3) is 5.73. The van der Waals surface area contributed by atoms with Crippen LogP contribution in [0.4, 0.5) is 13.2 Å². The summed E-state index contributed by atoms with van der Waals surface area (Å²) in [6, 6.07) is 15.7. The smallest absolute Gasteiger partial charge is 0.361 e. The maximum atomic E-state index is 12.5. The fourth-order valence-corrected chi connectivity index (χ4v) is 3.20. The maximum Gasteiger partial charge on any atom is 0.416 e. The lowest BCUT2D eigenvalue weighted by Gasteiger charge is -2.31. The van der Waals surface area contributed by atoms with E-state index in [1.165, 1.54) is 17.7 Å². The van der Waals surface area contributed by atoms with Crippen molar-refractivity contribution in [1.29, 1.82) is 0 Å². The summed E-state index contributed by atoms with van der Waals surface area (Å²) in [5.41, 5.74) is 1.53. The molecule has 0 spiro atoms. The van der Waals surface area contributed by atoms with Gasteiger partial charge in [0.1, 0.15) is 0 Å². The summed E-state index contributed by atoms with van der Waals surface area (Å²) in [6.07, 6.45) is -2.08. The van der Waals surface area contributed by atoms with Gasteiger partial charge in [-0.15, -0.1) is 12.4 Å². The van der Waals surface area contributed by atoms with Gasteiger partial charge in [-0.1, -0.05) is 42.5 Å². The van der Waals surface area contributed by atoms with Gasteiger partial charge in [0.2, 0.25) is 0 Å². The third-order valence-electron chi connectivity index (χ3n) is 4.68. The molecule has 0 unspecified atom stereocenters. The van der Waals surface area contributed by atoms with Crippen molar-refractivity contribution in [2.75, 3.05) is 19.8 Å². The van der Waals surface area contributed by atoms with E-state index >= 15 is 0 Å². The minimum absolute atomic E-state index is 0. The molecule has 0 saturated carbocycles. The second kappa shape index (κ2) is 9.40. The van der Waals surface area contributed by atoms with Crippen LogP contribution in [0.2, 0.25) is 0 Å². The van der Waals surface area contributed by atoms with E-state index in [2.05, 4.69) is 29.2 Å². The summed E-state index contributed by atoms with van der Waals surface area (Å²) >= 11 is 0. The molecule has 1 aliphatic heterocycles. The van der Waals surface area contributed by atoms with Gasteiger partial charge >= 0.3 is 6.18 Å². The first-order chi connectivity index (χ1) is 12.0. The van der Waals surface area contributed by atoms with Crippen molar-refractivity contribution in [3.8, 4) is 0 Å². The minimum atomic E-state index is -4.29. The zero-order chi connectivity index (χ0) is 17.7. The topological polar surface area (TPSA) is 12.5 Å².